The Labute approximate surface area is 45.2 Å². The van der Waals surface area contributed by atoms with E-state index in [-0.39, 0.29) is 24.6 Å². The molecule has 0 bridgehead atoms. The second-order valence-electron chi connectivity index (χ2n) is 0. The van der Waals surface area contributed by atoms with Gasteiger partial charge in [-0.2, -0.15) is 0 Å². The predicted molar refractivity (Wildman–Crippen MR) is 21.8 cm³/mol. The van der Waals surface area contributed by atoms with E-state index in [0.29, 0.717) is 0 Å². The zero-order chi connectivity index (χ0) is 2.00. The van der Waals surface area contributed by atoms with Crippen LogP contribution < -0.4 is 0 Å². The summed E-state index contributed by atoms with van der Waals surface area (Å²) in [4.78, 5) is 0. The van der Waals surface area contributed by atoms with Gasteiger partial charge in [0.1, 0.15) is 0 Å². The van der Waals surface area contributed by atoms with Crippen molar-refractivity contribution in [3.05, 3.63) is 24.6 Å². The second-order valence-corrected chi connectivity index (χ2v) is 0. The van der Waals surface area contributed by atoms with Crippen LogP contribution >= 0.6 is 0 Å². The first-order chi connectivity index (χ1) is 1.00. The maximum absolute atomic E-state index is 7.81. The average Bonchev–Trinajstić information content (AvgIpc) is 1.00. The predicted octanol–water partition coefficient (Wildman–Crippen LogP) is 2.75. The van der Waals surface area contributed by atoms with Crippen molar-refractivity contribution in [1.29, 1.82) is 0 Å². The summed E-state index contributed by atoms with van der Waals surface area (Å²) in [5.41, 5.74) is 0. The molecule has 0 aliphatic heterocycles. The van der Waals surface area contributed by atoms with E-state index in [2.05, 4.69) is 15.9 Å². The van der Waals surface area contributed by atoms with Crippen molar-refractivity contribution < 1.29 is 19.8 Å². The van der Waals surface area contributed by atoms with Gasteiger partial charge in [0.15, 0.2) is 0 Å². The topological polar surface area (TPSA) is 151 Å². The monoisotopic (exact) mass is 143 g/mol. The van der Waals surface area contributed by atoms with Crippen LogP contribution in [0.3, 0.4) is 0 Å². The third-order valence-corrected chi connectivity index (χ3v) is 0. The summed E-state index contributed by atoms with van der Waals surface area (Å²) in [7, 11) is 0. The molecular formula is H8CuN4O-4. The third-order valence-electron chi connectivity index (χ3n) is 0. The molecule has 0 aromatic rings. The molecule has 8 N–H and O–H groups in total. The number of hydrogen-bond donors (Lipinski definition) is 0. The Kier molecular flexibility index (Phi) is 71300. The normalized spacial score (nSPS) is 1.00. The van der Waals surface area contributed by atoms with Gasteiger partial charge in [-0.1, -0.05) is 0 Å². The van der Waals surface area contributed by atoms with Crippen molar-refractivity contribution >= 4 is 0 Å². The van der Waals surface area contributed by atoms with Gasteiger partial charge in [-0.3, -0.25) is 0 Å². The van der Waals surface area contributed by atoms with Crippen molar-refractivity contribution in [3.63, 3.8) is 0 Å². The van der Waals surface area contributed by atoms with Gasteiger partial charge in [-0.15, -0.1) is 0 Å². The number of nitrogens with two attached hydrogens (primary N) is 4. The second kappa shape index (κ2) is 3510. The van der Waals surface area contributed by atoms with Gasteiger partial charge in [-0.25, -0.2) is 0 Å². The van der Waals surface area contributed by atoms with Crippen LogP contribution in [0, 0.1) is 0 Å². The van der Waals surface area contributed by atoms with E-state index in [1.807, 2.05) is 0 Å². The minimum atomic E-state index is 0. The van der Waals surface area contributed by atoms with Crippen LogP contribution in [-0.4, -0.2) is 0 Å². The zero-order valence-corrected chi connectivity index (χ0v) is 3.96. The first kappa shape index (κ1) is 122. The van der Waals surface area contributed by atoms with Crippen LogP contribution in [0.2, 0.25) is 0 Å². The molecule has 0 unspecified atom stereocenters. The summed E-state index contributed by atoms with van der Waals surface area (Å²) in [5, 5.41) is 0. The molecule has 0 saturated heterocycles. The molecule has 49 valence electrons. The van der Waals surface area contributed by atoms with Crippen LogP contribution in [0.4, 0.5) is 0 Å². The van der Waals surface area contributed by atoms with E-state index in [1.165, 1.54) is 0 Å². The summed E-state index contributed by atoms with van der Waals surface area (Å²) < 4.78 is 7.81. The molecule has 0 aliphatic carbocycles. The molecule has 0 aromatic carbocycles. The molecule has 0 saturated carbocycles. The standard InChI is InChI=1S/Cu.4H2N.O/h;4*1H2;/q;4*-1;. The SMILES string of the molecule is [NH2-].[NH2-].[NH2-].[NH2-].[O]=[Cu]. The van der Waals surface area contributed by atoms with E-state index in [1.54, 1.807) is 0 Å². The Hall–Kier alpha value is 0.159. The van der Waals surface area contributed by atoms with Crippen LogP contribution in [0.15, 0.2) is 0 Å². The van der Waals surface area contributed by atoms with Gasteiger partial charge in [-0.05, 0) is 0 Å². The Morgan fingerprint density at radius 1 is 0.667 bits per heavy atom. The molecule has 0 rings (SSSR count). The Morgan fingerprint density at radius 3 is 0.667 bits per heavy atom. The van der Waals surface area contributed by atoms with Crippen LogP contribution in [0.5, 0.6) is 0 Å². The fraction of sp³-hybridized carbons (Fsp3) is 0. The first-order valence-electron chi connectivity index (χ1n) is 0.123. The van der Waals surface area contributed by atoms with Crippen molar-refractivity contribution in [2.75, 3.05) is 0 Å². The molecule has 0 radical (unpaired) electrons. The summed E-state index contributed by atoms with van der Waals surface area (Å²) >= 11 is 2.94. The van der Waals surface area contributed by atoms with Crippen molar-refractivity contribution in [2.24, 2.45) is 0 Å². The summed E-state index contributed by atoms with van der Waals surface area (Å²) in [6.45, 7) is 0. The zero-order valence-electron chi connectivity index (χ0n) is 3.02. The minimum absolute atomic E-state index is 0. The Balaban J connectivity index is -0.000000000833. The third kappa shape index (κ3) is 1630. The van der Waals surface area contributed by atoms with Gasteiger partial charge in [0.2, 0.25) is 0 Å². The van der Waals surface area contributed by atoms with E-state index in [0.717, 1.165) is 0 Å². The van der Waals surface area contributed by atoms with Crippen LogP contribution in [-0.2, 0) is 19.8 Å². The van der Waals surface area contributed by atoms with Crippen molar-refractivity contribution in [1.82, 2.24) is 0 Å². The average molecular weight is 144 g/mol. The molecule has 0 amide bonds. The molecule has 5 nitrogen and oxygen atoms in total. The van der Waals surface area contributed by atoms with E-state index < -0.39 is 0 Å². The fourth-order valence-corrected chi connectivity index (χ4v) is 0. The number of hydrogen-bond acceptors (Lipinski definition) is 1. The Morgan fingerprint density at radius 2 is 0.667 bits per heavy atom. The summed E-state index contributed by atoms with van der Waals surface area (Å²) in [6.07, 6.45) is 0. The number of rotatable bonds is 0. The molecule has 0 aliphatic rings. The summed E-state index contributed by atoms with van der Waals surface area (Å²) in [5.74, 6) is 0. The maximum atomic E-state index is 7.81. The van der Waals surface area contributed by atoms with Gasteiger partial charge in [0, 0.05) is 0 Å². The van der Waals surface area contributed by atoms with Gasteiger partial charge in [0.05, 0.1) is 0 Å². The summed E-state index contributed by atoms with van der Waals surface area (Å²) in [6, 6.07) is 0. The molecule has 0 fully saturated rings. The molecule has 6 heteroatoms. The Bertz CT molecular complexity index is 7.51. The molecule has 0 heterocycles. The molecule has 0 aromatic heterocycles. The molecule has 6 heavy (non-hydrogen) atoms. The van der Waals surface area contributed by atoms with E-state index in [9.17, 15) is 0 Å². The van der Waals surface area contributed by atoms with Crippen LogP contribution in [0.1, 0.15) is 0 Å². The van der Waals surface area contributed by atoms with Gasteiger partial charge >= 0.3 is 19.8 Å². The van der Waals surface area contributed by atoms with Crippen molar-refractivity contribution in [3.8, 4) is 0 Å². The van der Waals surface area contributed by atoms with Gasteiger partial charge in [0.25, 0.3) is 0 Å². The van der Waals surface area contributed by atoms with Gasteiger partial charge < -0.3 is 24.6 Å². The molecule has 0 atom stereocenters. The van der Waals surface area contributed by atoms with E-state index >= 15 is 0 Å². The van der Waals surface area contributed by atoms with Crippen LogP contribution in [0.25, 0.3) is 24.6 Å². The van der Waals surface area contributed by atoms with E-state index in [4.69, 9.17) is 3.83 Å². The van der Waals surface area contributed by atoms with Crippen molar-refractivity contribution in [2.45, 2.75) is 0 Å². The first-order valence-corrected chi connectivity index (χ1v) is 0.508. The molecule has 0 spiro atoms. The fourth-order valence-electron chi connectivity index (χ4n) is 0. The quantitative estimate of drug-likeness (QED) is 0.471. The molecular weight excluding hydrogens is 136 g/mol.